The summed E-state index contributed by atoms with van der Waals surface area (Å²) in [5.74, 6) is -3.65. The number of likely N-dealkylation sites (tertiary alicyclic amines) is 1. The van der Waals surface area contributed by atoms with Crippen molar-refractivity contribution in [2.24, 2.45) is 5.92 Å². The number of halogens is 3. The number of carbonyl (C=O) groups excluding carboxylic acids is 1. The lowest BCUT2D eigenvalue weighted by atomic mass is 9.91. The van der Waals surface area contributed by atoms with Crippen molar-refractivity contribution in [3.8, 4) is 0 Å². The minimum absolute atomic E-state index is 0.0874. The van der Waals surface area contributed by atoms with Gasteiger partial charge in [0.1, 0.15) is 29.0 Å². The van der Waals surface area contributed by atoms with E-state index in [0.717, 1.165) is 25.9 Å². The van der Waals surface area contributed by atoms with Gasteiger partial charge >= 0.3 is 0 Å². The van der Waals surface area contributed by atoms with Crippen molar-refractivity contribution < 1.29 is 23.1 Å². The first kappa shape index (κ1) is 19.3. The summed E-state index contributed by atoms with van der Waals surface area (Å²) < 4.78 is 40.6. The maximum absolute atomic E-state index is 13.8. The Balaban J connectivity index is 1.75. The number of nitrogens with one attached hydrogen (secondary N) is 1. The maximum atomic E-state index is 13.8. The summed E-state index contributed by atoms with van der Waals surface area (Å²) in [5.41, 5.74) is -0.493. The van der Waals surface area contributed by atoms with Gasteiger partial charge in [-0.2, -0.15) is 0 Å². The Labute approximate surface area is 154 Å². The Hall–Kier alpha value is -2.45. The molecule has 0 saturated carbocycles. The molecule has 1 saturated heterocycles. The summed E-state index contributed by atoms with van der Waals surface area (Å²) in [6.45, 7) is 1.66. The molecule has 0 radical (unpaired) electrons. The monoisotopic (exact) mass is 379 g/mol. The van der Waals surface area contributed by atoms with Gasteiger partial charge in [-0.15, -0.1) is 0 Å². The minimum atomic E-state index is -1.79. The number of pyridine rings is 1. The van der Waals surface area contributed by atoms with Gasteiger partial charge in [-0.1, -0.05) is 6.07 Å². The standard InChI is InChI=1S/C19H20F3N3O2/c1-25-7-5-11(6-8-25)18(26)15-3-2-4-16(23-15)24-19(27)17-13(21)9-12(20)10-14(17)22/h2-4,9-11,19,27H,5-8H2,1H3,(H,23,24). The summed E-state index contributed by atoms with van der Waals surface area (Å²) in [6, 6.07) is 5.57. The number of benzene rings is 1. The average Bonchev–Trinajstić information content (AvgIpc) is 2.61. The van der Waals surface area contributed by atoms with Crippen molar-refractivity contribution in [1.82, 2.24) is 9.88 Å². The number of aliphatic hydroxyl groups excluding tert-OH is 1. The minimum Gasteiger partial charge on any atom is -0.369 e. The Kier molecular flexibility index (Phi) is 5.76. The first-order valence-electron chi connectivity index (χ1n) is 8.64. The van der Waals surface area contributed by atoms with E-state index in [1.807, 2.05) is 7.05 Å². The molecule has 1 atom stereocenters. The molecule has 27 heavy (non-hydrogen) atoms. The van der Waals surface area contributed by atoms with Gasteiger partial charge in [0.25, 0.3) is 0 Å². The summed E-state index contributed by atoms with van der Waals surface area (Å²) in [6.07, 6.45) is -0.307. The van der Waals surface area contributed by atoms with Gasteiger partial charge in [0.15, 0.2) is 12.0 Å². The molecule has 1 fully saturated rings. The van der Waals surface area contributed by atoms with Crippen molar-refractivity contribution in [3.63, 3.8) is 0 Å². The van der Waals surface area contributed by atoms with Crippen LogP contribution in [0, 0.1) is 23.4 Å². The molecule has 2 N–H and O–H groups in total. The zero-order valence-corrected chi connectivity index (χ0v) is 14.8. The smallest absolute Gasteiger partial charge is 0.184 e. The Bertz CT molecular complexity index is 816. The average molecular weight is 379 g/mol. The van der Waals surface area contributed by atoms with Crippen molar-refractivity contribution in [2.45, 2.75) is 19.1 Å². The zero-order valence-electron chi connectivity index (χ0n) is 14.8. The second-order valence-electron chi connectivity index (χ2n) is 6.68. The van der Waals surface area contributed by atoms with Gasteiger partial charge in [-0.05, 0) is 45.1 Å². The molecule has 0 amide bonds. The fourth-order valence-corrected chi connectivity index (χ4v) is 3.16. The quantitative estimate of drug-likeness (QED) is 0.617. The fourth-order valence-electron chi connectivity index (χ4n) is 3.16. The highest BCUT2D eigenvalue weighted by Crippen LogP contribution is 2.24. The molecule has 1 unspecified atom stereocenters. The number of aliphatic hydroxyl groups is 1. The molecule has 0 bridgehead atoms. The topological polar surface area (TPSA) is 65.5 Å². The van der Waals surface area contributed by atoms with Crippen LogP contribution in [0.15, 0.2) is 30.3 Å². The van der Waals surface area contributed by atoms with Crippen LogP contribution in [0.25, 0.3) is 0 Å². The molecule has 5 nitrogen and oxygen atoms in total. The first-order valence-corrected chi connectivity index (χ1v) is 8.64. The van der Waals surface area contributed by atoms with Crippen LogP contribution in [0.5, 0.6) is 0 Å². The number of anilines is 1. The van der Waals surface area contributed by atoms with Crippen LogP contribution >= 0.6 is 0 Å². The number of carbonyl (C=O) groups is 1. The number of hydrogen-bond donors (Lipinski definition) is 2. The van der Waals surface area contributed by atoms with Crippen molar-refractivity contribution in [3.05, 3.63) is 59.0 Å². The SMILES string of the molecule is CN1CCC(C(=O)c2cccc(NC(O)c3c(F)cc(F)cc3F)n2)CC1. The number of Topliss-reactive ketones (excluding diaryl/α,β-unsaturated/α-hetero) is 1. The van der Waals surface area contributed by atoms with Crippen molar-refractivity contribution in [1.29, 1.82) is 0 Å². The maximum Gasteiger partial charge on any atom is 0.184 e. The van der Waals surface area contributed by atoms with Gasteiger partial charge in [0, 0.05) is 18.1 Å². The molecule has 1 aliphatic heterocycles. The van der Waals surface area contributed by atoms with Gasteiger partial charge in [-0.3, -0.25) is 4.79 Å². The van der Waals surface area contributed by atoms with E-state index < -0.39 is 29.2 Å². The third kappa shape index (κ3) is 4.45. The lowest BCUT2D eigenvalue weighted by Crippen LogP contribution is -2.33. The molecule has 8 heteroatoms. The molecule has 1 aromatic heterocycles. The highest BCUT2D eigenvalue weighted by Gasteiger charge is 2.26. The molecule has 144 valence electrons. The highest BCUT2D eigenvalue weighted by atomic mass is 19.1. The van der Waals surface area contributed by atoms with Crippen molar-refractivity contribution in [2.75, 3.05) is 25.5 Å². The molecular formula is C19H20F3N3O2. The predicted octanol–water partition coefficient (Wildman–Crippen LogP) is 3.13. The number of ketones is 1. The first-order chi connectivity index (χ1) is 12.8. The largest absolute Gasteiger partial charge is 0.369 e. The number of rotatable bonds is 5. The van der Waals surface area contributed by atoms with Crippen LogP contribution in [0.1, 0.15) is 35.1 Å². The molecular weight excluding hydrogens is 359 g/mol. The summed E-state index contributed by atoms with van der Waals surface area (Å²) >= 11 is 0. The lowest BCUT2D eigenvalue weighted by Gasteiger charge is -2.27. The second kappa shape index (κ2) is 8.06. The van der Waals surface area contributed by atoms with E-state index in [9.17, 15) is 23.1 Å². The molecule has 2 heterocycles. The van der Waals surface area contributed by atoms with E-state index in [-0.39, 0.29) is 23.2 Å². The normalized spacial score (nSPS) is 16.9. The number of aromatic nitrogens is 1. The van der Waals surface area contributed by atoms with Crippen LogP contribution < -0.4 is 5.32 Å². The van der Waals surface area contributed by atoms with Gasteiger partial charge < -0.3 is 15.3 Å². The summed E-state index contributed by atoms with van der Waals surface area (Å²) in [5, 5.41) is 12.5. The van der Waals surface area contributed by atoms with E-state index in [4.69, 9.17) is 0 Å². The molecule has 2 aromatic rings. The Morgan fingerprint density at radius 1 is 1.22 bits per heavy atom. The van der Waals surface area contributed by atoms with Crippen LogP contribution in [-0.4, -0.2) is 40.9 Å². The van der Waals surface area contributed by atoms with E-state index >= 15 is 0 Å². The fraction of sp³-hybridized carbons (Fsp3) is 0.368. The summed E-state index contributed by atoms with van der Waals surface area (Å²) in [7, 11) is 2.00. The zero-order chi connectivity index (χ0) is 19.6. The van der Waals surface area contributed by atoms with Crippen LogP contribution in [0.4, 0.5) is 19.0 Å². The van der Waals surface area contributed by atoms with Gasteiger partial charge in [0.2, 0.25) is 0 Å². The van der Waals surface area contributed by atoms with E-state index in [2.05, 4.69) is 15.2 Å². The predicted molar refractivity (Wildman–Crippen MR) is 93.7 cm³/mol. The Morgan fingerprint density at radius 2 is 1.85 bits per heavy atom. The molecule has 0 spiro atoms. The number of piperidine rings is 1. The molecule has 1 aliphatic rings. The van der Waals surface area contributed by atoms with Gasteiger partial charge in [0.05, 0.1) is 5.56 Å². The van der Waals surface area contributed by atoms with Crippen LogP contribution in [-0.2, 0) is 0 Å². The Morgan fingerprint density at radius 3 is 2.48 bits per heavy atom. The van der Waals surface area contributed by atoms with E-state index in [0.29, 0.717) is 12.1 Å². The third-order valence-electron chi connectivity index (χ3n) is 4.69. The number of hydrogen-bond acceptors (Lipinski definition) is 5. The lowest BCUT2D eigenvalue weighted by molar-refractivity contribution is 0.0851. The molecule has 1 aromatic carbocycles. The van der Waals surface area contributed by atoms with Crippen LogP contribution in [0.2, 0.25) is 0 Å². The second-order valence-corrected chi connectivity index (χ2v) is 6.68. The van der Waals surface area contributed by atoms with E-state index in [1.165, 1.54) is 6.07 Å². The van der Waals surface area contributed by atoms with E-state index in [1.54, 1.807) is 12.1 Å². The van der Waals surface area contributed by atoms with Gasteiger partial charge in [-0.25, -0.2) is 18.2 Å². The molecule has 0 aliphatic carbocycles. The molecule has 3 rings (SSSR count). The highest BCUT2D eigenvalue weighted by molar-refractivity contribution is 5.96. The van der Waals surface area contributed by atoms with Crippen molar-refractivity contribution >= 4 is 11.6 Å². The van der Waals surface area contributed by atoms with Crippen LogP contribution in [0.3, 0.4) is 0 Å². The summed E-state index contributed by atoms with van der Waals surface area (Å²) in [4.78, 5) is 18.9. The number of nitrogens with zero attached hydrogens (tertiary/aromatic N) is 2. The third-order valence-corrected chi connectivity index (χ3v) is 4.69.